The summed E-state index contributed by atoms with van der Waals surface area (Å²) in [6, 6.07) is 9.68. The van der Waals surface area contributed by atoms with Crippen molar-refractivity contribution in [3.8, 4) is 0 Å². The largest absolute Gasteiger partial charge is 0.394 e. The number of hydrogen-bond donors (Lipinski definition) is 2. The van der Waals surface area contributed by atoms with Crippen molar-refractivity contribution < 1.29 is 23.4 Å². The first kappa shape index (κ1) is 26.8. The molecule has 2 heterocycles. The number of piperidine rings is 1. The number of carbonyl (C=O) groups is 1. The molecule has 2 aromatic carbocycles. The maximum Gasteiger partial charge on any atom is 0.223 e. The van der Waals surface area contributed by atoms with E-state index in [-0.39, 0.29) is 42.1 Å². The molecule has 1 fully saturated rings. The zero-order valence-electron chi connectivity index (χ0n) is 20.0. The molecule has 0 unspecified atom stereocenters. The third-order valence-corrected chi connectivity index (χ3v) is 9.71. The fourth-order valence-corrected chi connectivity index (χ4v) is 7.01. The van der Waals surface area contributed by atoms with Gasteiger partial charge in [0.1, 0.15) is 0 Å². The minimum absolute atomic E-state index is 0.0493. The van der Waals surface area contributed by atoms with Gasteiger partial charge in [-0.15, -0.1) is 11.3 Å². The van der Waals surface area contributed by atoms with E-state index >= 15 is 0 Å². The highest BCUT2D eigenvalue weighted by Gasteiger charge is 2.26. The lowest BCUT2D eigenvalue weighted by atomic mass is 9.95. The Kier molecular flexibility index (Phi) is 8.52. The fourth-order valence-electron chi connectivity index (χ4n) is 4.35. The molecule has 0 bridgehead atoms. The molecule has 0 radical (unpaired) electrons. The van der Waals surface area contributed by atoms with Crippen molar-refractivity contribution in [2.45, 2.75) is 36.1 Å². The lowest BCUT2D eigenvalue weighted by Gasteiger charge is -2.31. The van der Waals surface area contributed by atoms with Gasteiger partial charge in [-0.1, -0.05) is 23.7 Å². The number of amides is 1. The standard InChI is InChI=1S/C25H30ClN3O5S2/c1-28-14-23(35-25(28)27-21(15-30)16-31)17-6-9-29(10-7-17)24(32)8-11-36(33,34)22-5-3-18-12-20(26)4-2-19(18)13-22/h2-5,12-14,17,21,30-31H,6-11,15-16H2,1H3. The average Bonchev–Trinajstić information content (AvgIpc) is 3.25. The van der Waals surface area contributed by atoms with Crippen molar-refractivity contribution in [1.82, 2.24) is 9.47 Å². The topological polar surface area (TPSA) is 112 Å². The van der Waals surface area contributed by atoms with Gasteiger partial charge in [0.05, 0.1) is 29.9 Å². The number of rotatable bonds is 8. The quantitative estimate of drug-likeness (QED) is 0.447. The number of aliphatic hydroxyl groups excluding tert-OH is 2. The van der Waals surface area contributed by atoms with Crippen LogP contribution in [0.2, 0.25) is 5.02 Å². The Labute approximate surface area is 219 Å². The highest BCUT2D eigenvalue weighted by Crippen LogP contribution is 2.30. The van der Waals surface area contributed by atoms with Crippen molar-refractivity contribution in [2.24, 2.45) is 12.0 Å². The summed E-state index contributed by atoms with van der Waals surface area (Å²) in [6.07, 6.45) is 3.54. The van der Waals surface area contributed by atoms with Gasteiger partial charge in [0.2, 0.25) is 5.91 Å². The molecule has 4 rings (SSSR count). The molecule has 1 aliphatic rings. The van der Waals surface area contributed by atoms with Crippen LogP contribution in [0.1, 0.15) is 30.1 Å². The SMILES string of the molecule is Cn1cc(C2CCN(C(=O)CCS(=O)(=O)c3ccc4cc(Cl)ccc4c3)CC2)sc1=NC(CO)CO. The minimum atomic E-state index is -3.59. The Morgan fingerprint density at radius 3 is 2.50 bits per heavy atom. The van der Waals surface area contributed by atoms with Gasteiger partial charge in [0.25, 0.3) is 0 Å². The monoisotopic (exact) mass is 551 g/mol. The van der Waals surface area contributed by atoms with E-state index in [9.17, 15) is 23.4 Å². The van der Waals surface area contributed by atoms with Crippen LogP contribution in [0.25, 0.3) is 10.8 Å². The van der Waals surface area contributed by atoms with E-state index in [0.29, 0.717) is 18.1 Å². The molecular weight excluding hydrogens is 522 g/mol. The lowest BCUT2D eigenvalue weighted by molar-refractivity contribution is -0.131. The Balaban J connectivity index is 1.34. The van der Waals surface area contributed by atoms with E-state index < -0.39 is 15.9 Å². The van der Waals surface area contributed by atoms with Crippen LogP contribution < -0.4 is 4.80 Å². The number of hydrogen-bond acceptors (Lipinski definition) is 7. The van der Waals surface area contributed by atoms with Gasteiger partial charge in [-0.3, -0.25) is 9.79 Å². The molecule has 36 heavy (non-hydrogen) atoms. The molecule has 0 spiro atoms. The summed E-state index contributed by atoms with van der Waals surface area (Å²) in [5.74, 6) is -0.0932. The van der Waals surface area contributed by atoms with Crippen molar-refractivity contribution in [1.29, 1.82) is 0 Å². The number of thiazole rings is 1. The van der Waals surface area contributed by atoms with Gasteiger partial charge in [0, 0.05) is 42.7 Å². The second-order valence-corrected chi connectivity index (χ2v) is 12.6. The van der Waals surface area contributed by atoms with Crippen LogP contribution in [0, 0.1) is 0 Å². The van der Waals surface area contributed by atoms with Crippen molar-refractivity contribution in [2.75, 3.05) is 32.1 Å². The summed E-state index contributed by atoms with van der Waals surface area (Å²) in [5, 5.41) is 20.8. The van der Waals surface area contributed by atoms with Crippen LogP contribution in [0.15, 0.2) is 52.5 Å². The Bertz CT molecular complexity index is 1400. The number of aromatic nitrogens is 1. The predicted molar refractivity (Wildman–Crippen MR) is 141 cm³/mol. The zero-order chi connectivity index (χ0) is 25.9. The highest BCUT2D eigenvalue weighted by molar-refractivity contribution is 7.91. The lowest BCUT2D eigenvalue weighted by Crippen LogP contribution is -2.38. The molecule has 2 N–H and O–H groups in total. The maximum absolute atomic E-state index is 12.9. The second kappa shape index (κ2) is 11.4. The number of carbonyl (C=O) groups excluding carboxylic acids is 1. The summed E-state index contributed by atoms with van der Waals surface area (Å²) in [4.78, 5) is 21.0. The van der Waals surface area contributed by atoms with E-state index in [1.54, 1.807) is 41.3 Å². The molecule has 1 aliphatic heterocycles. The molecule has 3 aromatic rings. The van der Waals surface area contributed by atoms with Gasteiger partial charge >= 0.3 is 0 Å². The molecular formula is C25H30ClN3O5S2. The minimum Gasteiger partial charge on any atom is -0.394 e. The van der Waals surface area contributed by atoms with Crippen LogP contribution in [-0.2, 0) is 21.7 Å². The van der Waals surface area contributed by atoms with Gasteiger partial charge < -0.3 is 19.7 Å². The maximum atomic E-state index is 12.9. The molecule has 0 saturated carbocycles. The second-order valence-electron chi connectivity index (χ2n) is 9.05. The molecule has 8 nitrogen and oxygen atoms in total. The Morgan fingerprint density at radius 1 is 1.14 bits per heavy atom. The van der Waals surface area contributed by atoms with Gasteiger partial charge in [-0.05, 0) is 53.8 Å². The average molecular weight is 552 g/mol. The van der Waals surface area contributed by atoms with E-state index in [0.717, 1.165) is 33.3 Å². The smallest absolute Gasteiger partial charge is 0.223 e. The summed E-state index contributed by atoms with van der Waals surface area (Å²) in [6.45, 7) is 0.722. The summed E-state index contributed by atoms with van der Waals surface area (Å²) in [5.41, 5.74) is 0. The number of benzene rings is 2. The summed E-state index contributed by atoms with van der Waals surface area (Å²) in [7, 11) is -1.71. The van der Waals surface area contributed by atoms with Crippen LogP contribution in [0.4, 0.5) is 0 Å². The highest BCUT2D eigenvalue weighted by atomic mass is 35.5. The van der Waals surface area contributed by atoms with Gasteiger partial charge in [-0.25, -0.2) is 8.42 Å². The van der Waals surface area contributed by atoms with E-state index in [1.807, 2.05) is 17.8 Å². The number of fused-ring (bicyclic) bond motifs is 1. The third kappa shape index (κ3) is 6.18. The number of sulfone groups is 1. The molecule has 1 amide bonds. The number of nitrogens with zero attached hydrogens (tertiary/aromatic N) is 3. The first-order valence-electron chi connectivity index (χ1n) is 11.8. The van der Waals surface area contributed by atoms with Crippen molar-refractivity contribution in [3.05, 3.63) is 57.3 Å². The van der Waals surface area contributed by atoms with Crippen LogP contribution >= 0.6 is 22.9 Å². The van der Waals surface area contributed by atoms with Gasteiger partial charge in [0.15, 0.2) is 14.6 Å². The van der Waals surface area contributed by atoms with Crippen LogP contribution in [-0.4, -0.2) is 72.1 Å². The van der Waals surface area contributed by atoms with Crippen LogP contribution in [0.5, 0.6) is 0 Å². The number of halogens is 1. The van der Waals surface area contributed by atoms with E-state index in [2.05, 4.69) is 4.99 Å². The molecule has 0 atom stereocenters. The number of likely N-dealkylation sites (tertiary alicyclic amines) is 1. The van der Waals surface area contributed by atoms with E-state index in [4.69, 9.17) is 11.6 Å². The molecule has 1 saturated heterocycles. The van der Waals surface area contributed by atoms with Gasteiger partial charge in [-0.2, -0.15) is 0 Å². The number of aliphatic hydroxyl groups is 2. The Hall–Kier alpha value is -2.24. The number of aryl methyl sites for hydroxylation is 1. The molecule has 1 aromatic heterocycles. The first-order valence-corrected chi connectivity index (χ1v) is 14.7. The van der Waals surface area contributed by atoms with Crippen LogP contribution in [0.3, 0.4) is 0 Å². The normalized spacial score (nSPS) is 15.8. The third-order valence-electron chi connectivity index (χ3n) is 6.51. The summed E-state index contributed by atoms with van der Waals surface area (Å²) >= 11 is 7.54. The molecule has 194 valence electrons. The zero-order valence-corrected chi connectivity index (χ0v) is 22.4. The van der Waals surface area contributed by atoms with Crippen molar-refractivity contribution in [3.63, 3.8) is 0 Å². The Morgan fingerprint density at radius 2 is 1.81 bits per heavy atom. The van der Waals surface area contributed by atoms with Crippen molar-refractivity contribution >= 4 is 49.5 Å². The first-order chi connectivity index (χ1) is 17.2. The fraction of sp³-hybridized carbons (Fsp3) is 0.440. The molecule has 0 aliphatic carbocycles. The molecule has 11 heteroatoms. The predicted octanol–water partition coefficient (Wildman–Crippen LogP) is 2.72. The van der Waals surface area contributed by atoms with E-state index in [1.165, 1.54) is 11.3 Å². The summed E-state index contributed by atoms with van der Waals surface area (Å²) < 4.78 is 27.7.